The Morgan fingerprint density at radius 2 is 1.86 bits per heavy atom. The summed E-state index contributed by atoms with van der Waals surface area (Å²) in [6, 6.07) is 10.2. The van der Waals surface area contributed by atoms with E-state index >= 15 is 0 Å². The SMILES string of the molecule is CCCc1ccc(CO[C@H]2CC[C@H](C=C(F)C#N)CC2)cc1. The van der Waals surface area contributed by atoms with E-state index in [4.69, 9.17) is 10.00 Å². The van der Waals surface area contributed by atoms with Crippen molar-refractivity contribution in [2.45, 2.75) is 58.2 Å². The van der Waals surface area contributed by atoms with E-state index < -0.39 is 5.83 Å². The summed E-state index contributed by atoms with van der Waals surface area (Å²) < 4.78 is 18.9. The minimum atomic E-state index is -0.656. The zero-order valence-corrected chi connectivity index (χ0v) is 13.2. The highest BCUT2D eigenvalue weighted by Crippen LogP contribution is 2.28. The van der Waals surface area contributed by atoms with Gasteiger partial charge in [-0.15, -0.1) is 0 Å². The van der Waals surface area contributed by atoms with Crippen LogP contribution in [0.15, 0.2) is 36.2 Å². The number of hydrogen-bond donors (Lipinski definition) is 0. The molecule has 1 aliphatic carbocycles. The Bertz CT molecular complexity index is 521. The van der Waals surface area contributed by atoms with Crippen molar-refractivity contribution in [3.63, 3.8) is 0 Å². The summed E-state index contributed by atoms with van der Waals surface area (Å²) in [5.74, 6) is -0.468. The second-order valence-electron chi connectivity index (χ2n) is 6.04. The number of nitriles is 1. The third-order valence-corrected chi connectivity index (χ3v) is 4.26. The fraction of sp³-hybridized carbons (Fsp3) is 0.526. The molecule has 1 aromatic rings. The number of benzene rings is 1. The van der Waals surface area contributed by atoms with Gasteiger partial charge in [-0.2, -0.15) is 9.65 Å². The van der Waals surface area contributed by atoms with Gasteiger partial charge in [-0.25, -0.2) is 0 Å². The van der Waals surface area contributed by atoms with E-state index in [1.165, 1.54) is 23.6 Å². The average Bonchev–Trinajstić information content (AvgIpc) is 2.56. The number of halogens is 1. The summed E-state index contributed by atoms with van der Waals surface area (Å²) in [7, 11) is 0. The maximum absolute atomic E-state index is 12.9. The molecular weight excluding hydrogens is 277 g/mol. The van der Waals surface area contributed by atoms with Gasteiger partial charge in [0.05, 0.1) is 12.7 Å². The summed E-state index contributed by atoms with van der Waals surface area (Å²) in [4.78, 5) is 0. The Balaban J connectivity index is 1.74. The molecule has 0 bridgehead atoms. The minimum Gasteiger partial charge on any atom is -0.374 e. The molecule has 0 aliphatic heterocycles. The summed E-state index contributed by atoms with van der Waals surface area (Å²) in [6.45, 7) is 2.83. The van der Waals surface area contributed by atoms with Gasteiger partial charge in [0.25, 0.3) is 0 Å². The van der Waals surface area contributed by atoms with Gasteiger partial charge >= 0.3 is 0 Å². The molecule has 1 saturated carbocycles. The van der Waals surface area contributed by atoms with E-state index in [9.17, 15) is 4.39 Å². The Morgan fingerprint density at radius 3 is 2.45 bits per heavy atom. The summed E-state index contributed by atoms with van der Waals surface area (Å²) in [5, 5.41) is 8.46. The van der Waals surface area contributed by atoms with Crippen molar-refractivity contribution in [3.8, 4) is 6.07 Å². The zero-order chi connectivity index (χ0) is 15.8. The van der Waals surface area contributed by atoms with Gasteiger partial charge in [-0.1, -0.05) is 37.6 Å². The Hall–Kier alpha value is -1.66. The summed E-state index contributed by atoms with van der Waals surface area (Å²) in [6.07, 6.45) is 7.68. The molecule has 1 aromatic carbocycles. The number of ether oxygens (including phenoxy) is 1. The molecule has 0 amide bonds. The molecule has 0 unspecified atom stereocenters. The topological polar surface area (TPSA) is 33.0 Å². The lowest BCUT2D eigenvalue weighted by molar-refractivity contribution is 0.0109. The first-order valence-corrected chi connectivity index (χ1v) is 8.18. The average molecular weight is 301 g/mol. The quantitative estimate of drug-likeness (QED) is 0.685. The van der Waals surface area contributed by atoms with Crippen LogP contribution in [-0.4, -0.2) is 6.10 Å². The highest BCUT2D eigenvalue weighted by molar-refractivity contribution is 5.22. The Kier molecular flexibility index (Phi) is 6.61. The number of nitrogens with zero attached hydrogens (tertiary/aromatic N) is 1. The number of rotatable bonds is 6. The fourth-order valence-corrected chi connectivity index (χ4v) is 2.97. The summed E-state index contributed by atoms with van der Waals surface area (Å²) in [5.41, 5.74) is 2.58. The van der Waals surface area contributed by atoms with Crippen LogP contribution in [0.4, 0.5) is 4.39 Å². The third-order valence-electron chi connectivity index (χ3n) is 4.26. The van der Waals surface area contributed by atoms with Crippen molar-refractivity contribution in [1.82, 2.24) is 0 Å². The van der Waals surface area contributed by atoms with Crippen LogP contribution in [0.5, 0.6) is 0 Å². The maximum atomic E-state index is 12.9. The third kappa shape index (κ3) is 5.27. The molecule has 1 fully saturated rings. The molecule has 0 saturated heterocycles. The number of hydrogen-bond acceptors (Lipinski definition) is 2. The van der Waals surface area contributed by atoms with Gasteiger partial charge in [0.15, 0.2) is 5.83 Å². The van der Waals surface area contributed by atoms with Gasteiger partial charge in [-0.3, -0.25) is 0 Å². The lowest BCUT2D eigenvalue weighted by Gasteiger charge is -2.26. The van der Waals surface area contributed by atoms with Crippen LogP contribution in [0.1, 0.15) is 50.2 Å². The van der Waals surface area contributed by atoms with E-state index in [-0.39, 0.29) is 12.0 Å². The second kappa shape index (κ2) is 8.70. The molecule has 0 N–H and O–H groups in total. The van der Waals surface area contributed by atoms with Gasteiger partial charge in [-0.05, 0) is 55.2 Å². The predicted molar refractivity (Wildman–Crippen MR) is 85.8 cm³/mol. The normalized spacial score (nSPS) is 22.3. The van der Waals surface area contributed by atoms with Gasteiger partial charge in [0.2, 0.25) is 0 Å². The van der Waals surface area contributed by atoms with Crippen LogP contribution in [0.3, 0.4) is 0 Å². The van der Waals surface area contributed by atoms with Crippen molar-refractivity contribution >= 4 is 0 Å². The Morgan fingerprint density at radius 1 is 1.23 bits per heavy atom. The summed E-state index contributed by atoms with van der Waals surface area (Å²) >= 11 is 0. The molecule has 0 atom stereocenters. The fourth-order valence-electron chi connectivity index (χ4n) is 2.97. The maximum Gasteiger partial charge on any atom is 0.196 e. The molecule has 0 aromatic heterocycles. The molecule has 0 radical (unpaired) electrons. The van der Waals surface area contributed by atoms with Crippen molar-refractivity contribution < 1.29 is 9.13 Å². The molecule has 22 heavy (non-hydrogen) atoms. The van der Waals surface area contributed by atoms with Crippen LogP contribution in [0.2, 0.25) is 0 Å². The molecule has 0 heterocycles. The van der Waals surface area contributed by atoms with E-state index in [0.717, 1.165) is 32.1 Å². The highest BCUT2D eigenvalue weighted by atomic mass is 19.1. The highest BCUT2D eigenvalue weighted by Gasteiger charge is 2.20. The van der Waals surface area contributed by atoms with Crippen molar-refractivity contribution in [1.29, 1.82) is 5.26 Å². The smallest absolute Gasteiger partial charge is 0.196 e. The molecular formula is C19H24FNO. The lowest BCUT2D eigenvalue weighted by atomic mass is 9.87. The van der Waals surface area contributed by atoms with Gasteiger partial charge in [0, 0.05) is 0 Å². The van der Waals surface area contributed by atoms with Crippen molar-refractivity contribution in [3.05, 3.63) is 47.3 Å². The molecule has 2 rings (SSSR count). The van der Waals surface area contributed by atoms with E-state index in [1.54, 1.807) is 6.07 Å². The van der Waals surface area contributed by atoms with Crippen LogP contribution >= 0.6 is 0 Å². The predicted octanol–water partition coefficient (Wildman–Crippen LogP) is 5.09. The monoisotopic (exact) mass is 301 g/mol. The van der Waals surface area contributed by atoms with E-state index in [1.807, 2.05) is 0 Å². The second-order valence-corrected chi connectivity index (χ2v) is 6.04. The first-order chi connectivity index (χ1) is 10.7. The number of allylic oxidation sites excluding steroid dienone is 2. The van der Waals surface area contributed by atoms with Gasteiger partial charge < -0.3 is 4.74 Å². The number of aryl methyl sites for hydroxylation is 1. The van der Waals surface area contributed by atoms with E-state index in [2.05, 4.69) is 31.2 Å². The van der Waals surface area contributed by atoms with Crippen molar-refractivity contribution in [2.24, 2.45) is 5.92 Å². The molecule has 1 aliphatic rings. The van der Waals surface area contributed by atoms with Crippen LogP contribution in [0.25, 0.3) is 0 Å². The lowest BCUT2D eigenvalue weighted by Crippen LogP contribution is -2.20. The van der Waals surface area contributed by atoms with E-state index in [0.29, 0.717) is 6.61 Å². The molecule has 2 nitrogen and oxygen atoms in total. The van der Waals surface area contributed by atoms with Gasteiger partial charge in [0.1, 0.15) is 6.07 Å². The first kappa shape index (κ1) is 16.7. The minimum absolute atomic E-state index is 0.188. The van der Waals surface area contributed by atoms with Crippen LogP contribution < -0.4 is 0 Å². The van der Waals surface area contributed by atoms with Crippen LogP contribution in [-0.2, 0) is 17.8 Å². The standard InChI is InChI=1S/C19H24FNO/c1-2-3-15-4-6-17(7-5-15)14-22-19-10-8-16(9-11-19)12-18(20)13-21/h4-7,12,16,19H,2-3,8-11,14H2,1H3/t16-,19-. The first-order valence-electron chi connectivity index (χ1n) is 8.18. The molecule has 0 spiro atoms. The zero-order valence-electron chi connectivity index (χ0n) is 13.2. The Labute approximate surface area is 132 Å². The molecule has 3 heteroatoms. The van der Waals surface area contributed by atoms with Crippen molar-refractivity contribution in [2.75, 3.05) is 0 Å². The van der Waals surface area contributed by atoms with Crippen LogP contribution in [0, 0.1) is 17.2 Å². The largest absolute Gasteiger partial charge is 0.374 e. The molecule has 118 valence electrons.